The Balaban J connectivity index is 0.00000441. The zero-order valence-corrected chi connectivity index (χ0v) is 16.5. The van der Waals surface area contributed by atoms with Crippen molar-refractivity contribution in [3.8, 4) is 0 Å². The first kappa shape index (κ1) is 21.2. The fraction of sp³-hybridized carbons (Fsp3) is 0.588. The topological polar surface area (TPSA) is 53.6 Å². The van der Waals surface area contributed by atoms with E-state index in [1.807, 2.05) is 0 Å². The number of nitrogens with one attached hydrogen (secondary N) is 1. The number of halogens is 1. The smallest absolute Gasteiger partial charge is 0.188 e. The van der Waals surface area contributed by atoms with Crippen LogP contribution in [0, 0.1) is 0 Å². The zero-order valence-electron chi connectivity index (χ0n) is 14.1. The second kappa shape index (κ2) is 12.7. The number of benzene rings is 1. The van der Waals surface area contributed by atoms with Gasteiger partial charge in [0.05, 0.1) is 6.54 Å². The summed E-state index contributed by atoms with van der Waals surface area (Å²) >= 11 is 0. The van der Waals surface area contributed by atoms with Crippen LogP contribution in [0.15, 0.2) is 29.3 Å². The molecule has 1 aromatic rings. The first-order chi connectivity index (χ1) is 10.1. The van der Waals surface area contributed by atoms with Crippen molar-refractivity contribution in [3.05, 3.63) is 35.4 Å². The van der Waals surface area contributed by atoms with Gasteiger partial charge >= 0.3 is 0 Å². The van der Waals surface area contributed by atoms with Gasteiger partial charge < -0.3 is 16.0 Å². The summed E-state index contributed by atoms with van der Waals surface area (Å²) in [4.78, 5) is 6.61. The highest BCUT2D eigenvalue weighted by atomic mass is 127. The summed E-state index contributed by atoms with van der Waals surface area (Å²) in [5.74, 6) is 0.547. The first-order valence-electron chi connectivity index (χ1n) is 7.88. The molecule has 0 aliphatic rings. The van der Waals surface area contributed by atoms with Gasteiger partial charge in [0, 0.05) is 13.1 Å². The van der Waals surface area contributed by atoms with E-state index in [9.17, 15) is 0 Å². The quantitative estimate of drug-likeness (QED) is 0.280. The van der Waals surface area contributed by atoms with Crippen LogP contribution < -0.4 is 11.1 Å². The summed E-state index contributed by atoms with van der Waals surface area (Å²) in [6, 6.07) is 8.40. The van der Waals surface area contributed by atoms with Gasteiger partial charge in [-0.05, 0) is 31.6 Å². The van der Waals surface area contributed by atoms with Crippen LogP contribution in [-0.4, -0.2) is 31.5 Å². The summed E-state index contributed by atoms with van der Waals surface area (Å²) in [6.07, 6.45) is 4.95. The highest BCUT2D eigenvalue weighted by molar-refractivity contribution is 14.0. The van der Waals surface area contributed by atoms with Crippen molar-refractivity contribution in [3.63, 3.8) is 0 Å². The highest BCUT2D eigenvalue weighted by Gasteiger charge is 2.02. The van der Waals surface area contributed by atoms with E-state index in [0.717, 1.165) is 19.5 Å². The Morgan fingerprint density at radius 1 is 1.14 bits per heavy atom. The van der Waals surface area contributed by atoms with Crippen LogP contribution in [0.3, 0.4) is 0 Å². The van der Waals surface area contributed by atoms with Gasteiger partial charge in [-0.1, -0.05) is 50.5 Å². The molecule has 0 radical (unpaired) electrons. The van der Waals surface area contributed by atoms with Crippen molar-refractivity contribution >= 4 is 29.9 Å². The van der Waals surface area contributed by atoms with E-state index in [1.54, 1.807) is 0 Å². The van der Waals surface area contributed by atoms with Gasteiger partial charge in [-0.15, -0.1) is 24.0 Å². The van der Waals surface area contributed by atoms with Crippen LogP contribution in [0.25, 0.3) is 0 Å². The van der Waals surface area contributed by atoms with Crippen molar-refractivity contribution in [2.75, 3.05) is 20.6 Å². The number of aliphatic imine (C=N–C) groups is 1. The van der Waals surface area contributed by atoms with Gasteiger partial charge in [0.2, 0.25) is 0 Å². The monoisotopic (exact) mass is 418 g/mol. The predicted molar refractivity (Wildman–Crippen MR) is 107 cm³/mol. The molecule has 0 atom stereocenters. The Hall–Kier alpha value is -0.820. The third kappa shape index (κ3) is 9.25. The van der Waals surface area contributed by atoms with E-state index in [2.05, 4.69) is 60.5 Å². The van der Waals surface area contributed by atoms with Crippen molar-refractivity contribution in [2.45, 2.75) is 45.7 Å². The second-order valence-corrected chi connectivity index (χ2v) is 5.70. The average Bonchev–Trinajstić information content (AvgIpc) is 2.45. The summed E-state index contributed by atoms with van der Waals surface area (Å²) in [5, 5.41) is 3.19. The minimum absolute atomic E-state index is 0. The molecule has 0 aliphatic carbocycles. The molecule has 0 aliphatic heterocycles. The second-order valence-electron chi connectivity index (χ2n) is 5.70. The molecule has 0 saturated heterocycles. The van der Waals surface area contributed by atoms with Gasteiger partial charge in [0.15, 0.2) is 5.96 Å². The maximum Gasteiger partial charge on any atom is 0.188 e. The molecule has 0 aromatic heterocycles. The standard InChI is InChI=1S/C17H30N4.HI/c1-4-5-6-9-12-19-17(18)20-13-15-10-7-8-11-16(15)14-21(2)3;/h7-8,10-11H,4-6,9,12-14H2,1-3H3,(H3,18,19,20);1H. The molecule has 0 heterocycles. The van der Waals surface area contributed by atoms with Crippen molar-refractivity contribution in [1.29, 1.82) is 0 Å². The molecule has 1 aromatic carbocycles. The summed E-state index contributed by atoms with van der Waals surface area (Å²) in [7, 11) is 4.15. The minimum Gasteiger partial charge on any atom is -0.370 e. The SMILES string of the molecule is CCCCCCNC(N)=NCc1ccccc1CN(C)C.I. The summed E-state index contributed by atoms with van der Waals surface area (Å²) in [5.41, 5.74) is 8.46. The molecule has 0 saturated carbocycles. The van der Waals surface area contributed by atoms with E-state index >= 15 is 0 Å². The molecular formula is C17H31IN4. The summed E-state index contributed by atoms with van der Waals surface area (Å²) in [6.45, 7) is 4.69. The van der Waals surface area contributed by atoms with E-state index < -0.39 is 0 Å². The predicted octanol–water partition coefficient (Wildman–Crippen LogP) is 3.35. The number of hydrogen-bond donors (Lipinski definition) is 2. The zero-order chi connectivity index (χ0) is 15.5. The van der Waals surface area contributed by atoms with Gasteiger partial charge in [-0.25, -0.2) is 4.99 Å². The fourth-order valence-electron chi connectivity index (χ4n) is 2.20. The van der Waals surface area contributed by atoms with Gasteiger partial charge in [-0.2, -0.15) is 0 Å². The van der Waals surface area contributed by atoms with E-state index in [0.29, 0.717) is 12.5 Å². The van der Waals surface area contributed by atoms with Crippen LogP contribution in [0.2, 0.25) is 0 Å². The lowest BCUT2D eigenvalue weighted by Crippen LogP contribution is -2.32. The molecule has 0 spiro atoms. The molecule has 0 bridgehead atoms. The Morgan fingerprint density at radius 3 is 2.45 bits per heavy atom. The third-order valence-electron chi connectivity index (χ3n) is 3.36. The number of hydrogen-bond acceptors (Lipinski definition) is 2. The van der Waals surface area contributed by atoms with Crippen molar-refractivity contribution in [1.82, 2.24) is 10.2 Å². The molecule has 0 unspecified atom stereocenters. The van der Waals surface area contributed by atoms with Crippen LogP contribution in [0.4, 0.5) is 0 Å². The minimum atomic E-state index is 0. The van der Waals surface area contributed by atoms with Crippen LogP contribution in [0.5, 0.6) is 0 Å². The molecule has 0 fully saturated rings. The van der Waals surface area contributed by atoms with Crippen LogP contribution >= 0.6 is 24.0 Å². The van der Waals surface area contributed by atoms with Crippen molar-refractivity contribution < 1.29 is 0 Å². The summed E-state index contributed by atoms with van der Waals surface area (Å²) < 4.78 is 0. The van der Waals surface area contributed by atoms with Crippen LogP contribution in [-0.2, 0) is 13.1 Å². The average molecular weight is 418 g/mol. The molecule has 1 rings (SSSR count). The normalized spacial score (nSPS) is 11.4. The molecule has 5 heteroatoms. The molecule has 4 nitrogen and oxygen atoms in total. The first-order valence-corrected chi connectivity index (χ1v) is 7.88. The lowest BCUT2D eigenvalue weighted by molar-refractivity contribution is 0.401. The Bertz CT molecular complexity index is 432. The maximum absolute atomic E-state index is 5.92. The van der Waals surface area contributed by atoms with E-state index in [1.165, 1.54) is 30.4 Å². The number of nitrogens with two attached hydrogens (primary N) is 1. The van der Waals surface area contributed by atoms with Gasteiger partial charge in [0.25, 0.3) is 0 Å². The van der Waals surface area contributed by atoms with Crippen molar-refractivity contribution in [2.24, 2.45) is 10.7 Å². The van der Waals surface area contributed by atoms with E-state index in [4.69, 9.17) is 5.73 Å². The van der Waals surface area contributed by atoms with Gasteiger partial charge in [0.1, 0.15) is 0 Å². The number of guanidine groups is 1. The molecule has 126 valence electrons. The van der Waals surface area contributed by atoms with E-state index in [-0.39, 0.29) is 24.0 Å². The molecule has 3 N–H and O–H groups in total. The Morgan fingerprint density at radius 2 is 1.82 bits per heavy atom. The maximum atomic E-state index is 5.92. The van der Waals surface area contributed by atoms with Gasteiger partial charge in [-0.3, -0.25) is 0 Å². The molecule has 0 amide bonds. The largest absolute Gasteiger partial charge is 0.370 e. The Labute approximate surface area is 152 Å². The lowest BCUT2D eigenvalue weighted by Gasteiger charge is -2.13. The number of rotatable bonds is 9. The molecular weight excluding hydrogens is 387 g/mol. The van der Waals surface area contributed by atoms with Crippen LogP contribution in [0.1, 0.15) is 43.7 Å². The third-order valence-corrected chi connectivity index (χ3v) is 3.36. The number of unbranched alkanes of at least 4 members (excludes halogenated alkanes) is 3. The highest BCUT2D eigenvalue weighted by Crippen LogP contribution is 2.11. The molecule has 22 heavy (non-hydrogen) atoms. The fourth-order valence-corrected chi connectivity index (χ4v) is 2.20. The number of nitrogens with zero attached hydrogens (tertiary/aromatic N) is 2. The lowest BCUT2D eigenvalue weighted by atomic mass is 10.1. The Kier molecular flexibility index (Phi) is 12.2.